The molecule has 0 aromatic heterocycles. The molecule has 5 heteroatoms. The summed E-state index contributed by atoms with van der Waals surface area (Å²) in [5.41, 5.74) is 1.75. The van der Waals surface area contributed by atoms with Gasteiger partial charge in [-0.25, -0.2) is 0 Å². The van der Waals surface area contributed by atoms with Crippen molar-refractivity contribution in [3.8, 4) is 5.75 Å². The fourth-order valence-electron chi connectivity index (χ4n) is 1.85. The summed E-state index contributed by atoms with van der Waals surface area (Å²) in [6, 6.07) is 11.5. The van der Waals surface area contributed by atoms with Gasteiger partial charge in [0.25, 0.3) is 0 Å². The maximum absolute atomic E-state index is 6.51. The first-order chi connectivity index (χ1) is 9.56. The van der Waals surface area contributed by atoms with Crippen LogP contribution in [0.5, 0.6) is 5.75 Å². The Labute approximate surface area is 138 Å². The van der Waals surface area contributed by atoms with Gasteiger partial charge in [-0.15, -0.1) is 23.4 Å². The van der Waals surface area contributed by atoms with Gasteiger partial charge in [0.2, 0.25) is 0 Å². The first kappa shape index (κ1) is 15.8. The van der Waals surface area contributed by atoms with Gasteiger partial charge in [0.1, 0.15) is 5.75 Å². The van der Waals surface area contributed by atoms with E-state index in [9.17, 15) is 0 Å². The van der Waals surface area contributed by atoms with Crippen molar-refractivity contribution in [1.29, 1.82) is 0 Å². The Hall–Kier alpha value is -0.540. The molecule has 0 bridgehead atoms. The molecule has 1 nitrogen and oxygen atoms in total. The van der Waals surface area contributed by atoms with E-state index in [4.69, 9.17) is 39.5 Å². The van der Waals surface area contributed by atoms with Crippen molar-refractivity contribution in [2.75, 3.05) is 13.4 Å². The van der Waals surface area contributed by atoms with Crippen molar-refractivity contribution in [3.05, 3.63) is 57.6 Å². The number of methoxy groups -OCH3 is 1. The molecule has 0 aliphatic carbocycles. The van der Waals surface area contributed by atoms with Crippen LogP contribution in [-0.2, 0) is 0 Å². The number of hydrogen-bond donors (Lipinski definition) is 0. The van der Waals surface area contributed by atoms with Gasteiger partial charge in [0.05, 0.1) is 17.5 Å². The molecule has 20 heavy (non-hydrogen) atoms. The number of halogens is 3. The standard InChI is InChI=1S/C15H13Cl3OS/c1-19-14-8-12(16)11(7-13(14)17)15(18)9-3-5-10(20-2)6-4-9/h3-8,15H,1-2H3. The minimum Gasteiger partial charge on any atom is -0.495 e. The van der Waals surface area contributed by atoms with Crippen LogP contribution in [0.4, 0.5) is 0 Å². The van der Waals surface area contributed by atoms with Crippen LogP contribution in [0.15, 0.2) is 41.3 Å². The predicted octanol–water partition coefficient (Wildman–Crippen LogP) is 6.05. The van der Waals surface area contributed by atoms with Crippen LogP contribution >= 0.6 is 46.6 Å². The first-order valence-corrected chi connectivity index (χ1v) is 8.29. The van der Waals surface area contributed by atoms with E-state index in [1.165, 1.54) is 4.90 Å². The Morgan fingerprint density at radius 1 is 1.05 bits per heavy atom. The second-order valence-electron chi connectivity index (χ2n) is 4.14. The molecule has 0 amide bonds. The monoisotopic (exact) mass is 346 g/mol. The minimum absolute atomic E-state index is 0.346. The summed E-state index contributed by atoms with van der Waals surface area (Å²) in [4.78, 5) is 1.19. The highest BCUT2D eigenvalue weighted by molar-refractivity contribution is 7.98. The average Bonchev–Trinajstić information content (AvgIpc) is 2.48. The van der Waals surface area contributed by atoms with E-state index in [0.717, 1.165) is 11.1 Å². The Balaban J connectivity index is 2.36. The van der Waals surface area contributed by atoms with E-state index in [-0.39, 0.29) is 5.38 Å². The van der Waals surface area contributed by atoms with E-state index in [2.05, 4.69) is 0 Å². The van der Waals surface area contributed by atoms with E-state index in [0.29, 0.717) is 15.8 Å². The van der Waals surface area contributed by atoms with Crippen LogP contribution in [0.2, 0.25) is 10.0 Å². The molecule has 0 aliphatic heterocycles. The van der Waals surface area contributed by atoms with Crippen LogP contribution in [0, 0.1) is 0 Å². The molecule has 0 saturated heterocycles. The van der Waals surface area contributed by atoms with Crippen LogP contribution < -0.4 is 4.74 Å². The van der Waals surface area contributed by atoms with Crippen molar-refractivity contribution in [2.45, 2.75) is 10.3 Å². The maximum atomic E-state index is 6.51. The van der Waals surface area contributed by atoms with Crippen LogP contribution in [0.3, 0.4) is 0 Å². The van der Waals surface area contributed by atoms with Gasteiger partial charge in [-0.05, 0) is 35.6 Å². The number of ether oxygens (including phenoxy) is 1. The molecule has 106 valence electrons. The molecule has 0 spiro atoms. The number of thioether (sulfide) groups is 1. The SMILES string of the molecule is COc1cc(Cl)c(C(Cl)c2ccc(SC)cc2)cc1Cl. The minimum atomic E-state index is -0.346. The lowest BCUT2D eigenvalue weighted by Crippen LogP contribution is -1.96. The smallest absolute Gasteiger partial charge is 0.138 e. The average molecular weight is 348 g/mol. The van der Waals surface area contributed by atoms with Gasteiger partial charge < -0.3 is 4.74 Å². The Kier molecular flexibility index (Phi) is 5.50. The lowest BCUT2D eigenvalue weighted by molar-refractivity contribution is 0.415. The first-order valence-electron chi connectivity index (χ1n) is 5.87. The number of benzene rings is 2. The molecule has 0 fully saturated rings. The van der Waals surface area contributed by atoms with E-state index in [1.54, 1.807) is 31.0 Å². The molecule has 2 rings (SSSR count). The summed E-state index contributed by atoms with van der Waals surface area (Å²) in [6.45, 7) is 0. The van der Waals surface area contributed by atoms with Gasteiger partial charge in [-0.2, -0.15) is 0 Å². The number of rotatable bonds is 4. The number of hydrogen-bond acceptors (Lipinski definition) is 2. The number of alkyl halides is 1. The molecular weight excluding hydrogens is 335 g/mol. The second-order valence-corrected chi connectivity index (χ2v) is 6.27. The van der Waals surface area contributed by atoms with E-state index in [1.807, 2.05) is 30.5 Å². The predicted molar refractivity (Wildman–Crippen MR) is 88.9 cm³/mol. The largest absolute Gasteiger partial charge is 0.495 e. The Morgan fingerprint density at radius 3 is 2.25 bits per heavy atom. The molecule has 2 aromatic rings. The lowest BCUT2D eigenvalue weighted by Gasteiger charge is -2.14. The Morgan fingerprint density at radius 2 is 1.70 bits per heavy atom. The maximum Gasteiger partial charge on any atom is 0.138 e. The molecule has 0 N–H and O–H groups in total. The van der Waals surface area contributed by atoms with Gasteiger partial charge in [0, 0.05) is 16.0 Å². The molecule has 2 aromatic carbocycles. The molecule has 0 radical (unpaired) electrons. The third kappa shape index (κ3) is 3.37. The highest BCUT2D eigenvalue weighted by Gasteiger charge is 2.17. The molecule has 0 aliphatic rings. The summed E-state index contributed by atoms with van der Waals surface area (Å²) < 4.78 is 5.13. The van der Waals surface area contributed by atoms with Gasteiger partial charge in [-0.1, -0.05) is 35.3 Å². The van der Waals surface area contributed by atoms with Crippen molar-refractivity contribution in [1.82, 2.24) is 0 Å². The van der Waals surface area contributed by atoms with Crippen LogP contribution in [0.25, 0.3) is 0 Å². The molecule has 0 heterocycles. The second kappa shape index (κ2) is 6.95. The van der Waals surface area contributed by atoms with E-state index < -0.39 is 0 Å². The topological polar surface area (TPSA) is 9.23 Å². The van der Waals surface area contributed by atoms with Gasteiger partial charge >= 0.3 is 0 Å². The summed E-state index contributed by atoms with van der Waals surface area (Å²) in [5.74, 6) is 0.544. The molecular formula is C15H13Cl3OS. The zero-order valence-electron chi connectivity index (χ0n) is 11.0. The van der Waals surface area contributed by atoms with Crippen molar-refractivity contribution >= 4 is 46.6 Å². The van der Waals surface area contributed by atoms with Gasteiger partial charge in [-0.3, -0.25) is 0 Å². The highest BCUT2D eigenvalue weighted by atomic mass is 35.5. The summed E-state index contributed by atoms with van der Waals surface area (Å²) in [5, 5.41) is 0.695. The quantitative estimate of drug-likeness (QED) is 0.491. The third-order valence-electron chi connectivity index (χ3n) is 2.95. The van der Waals surface area contributed by atoms with Gasteiger partial charge in [0.15, 0.2) is 0 Å². The highest BCUT2D eigenvalue weighted by Crippen LogP contribution is 2.39. The third-order valence-corrected chi connectivity index (χ3v) is 4.81. The van der Waals surface area contributed by atoms with Crippen molar-refractivity contribution < 1.29 is 4.74 Å². The summed E-state index contributed by atoms with van der Waals surface area (Å²) >= 11 is 20.6. The normalized spacial score (nSPS) is 12.2. The molecule has 1 atom stereocenters. The van der Waals surface area contributed by atoms with Crippen LogP contribution in [-0.4, -0.2) is 13.4 Å². The fourth-order valence-corrected chi connectivity index (χ4v) is 3.15. The van der Waals surface area contributed by atoms with Crippen LogP contribution in [0.1, 0.15) is 16.5 Å². The molecule has 1 unspecified atom stereocenters. The van der Waals surface area contributed by atoms with Crippen molar-refractivity contribution in [3.63, 3.8) is 0 Å². The Bertz CT molecular complexity index is 599. The zero-order valence-corrected chi connectivity index (χ0v) is 14.1. The lowest BCUT2D eigenvalue weighted by atomic mass is 10.0. The fraction of sp³-hybridized carbons (Fsp3) is 0.200. The van der Waals surface area contributed by atoms with E-state index >= 15 is 0 Å². The molecule has 0 saturated carbocycles. The summed E-state index contributed by atoms with van der Waals surface area (Å²) in [7, 11) is 1.55. The summed E-state index contributed by atoms with van der Waals surface area (Å²) in [6.07, 6.45) is 2.04. The van der Waals surface area contributed by atoms with Crippen molar-refractivity contribution in [2.24, 2.45) is 0 Å². The zero-order chi connectivity index (χ0) is 14.7.